The first kappa shape index (κ1) is 30.6. The third-order valence-corrected chi connectivity index (χ3v) is 7.23. The zero-order valence-electron chi connectivity index (χ0n) is 23.7. The summed E-state index contributed by atoms with van der Waals surface area (Å²) >= 11 is 0.937. The minimum Gasteiger partial charge on any atom is -0.351 e. The number of rotatable bonds is 13. The Morgan fingerprint density at radius 2 is 1.68 bits per heavy atom. The second-order valence-electron chi connectivity index (χ2n) is 10.3. The van der Waals surface area contributed by atoms with Crippen LogP contribution in [0.4, 0.5) is 16.4 Å². The highest BCUT2D eigenvalue weighted by atomic mass is 32.1. The van der Waals surface area contributed by atoms with Crippen molar-refractivity contribution in [2.24, 2.45) is 13.0 Å². The van der Waals surface area contributed by atoms with E-state index in [0.29, 0.717) is 46.6 Å². The monoisotopic (exact) mass is 571 g/mol. The van der Waals surface area contributed by atoms with Crippen LogP contribution in [-0.4, -0.2) is 63.9 Å². The van der Waals surface area contributed by atoms with Crippen molar-refractivity contribution >= 4 is 45.4 Å². The van der Waals surface area contributed by atoms with Gasteiger partial charge in [-0.15, -0.1) is 0 Å². The van der Waals surface area contributed by atoms with Gasteiger partial charge in [-0.3, -0.25) is 24.5 Å². The second-order valence-corrected chi connectivity index (χ2v) is 11.6. The Morgan fingerprint density at radius 3 is 2.30 bits per heavy atom. The lowest BCUT2D eigenvalue weighted by Gasteiger charge is -2.10. The Labute approximate surface area is 237 Å². The maximum Gasteiger partial charge on any atom is 0.325 e. The van der Waals surface area contributed by atoms with Crippen molar-refractivity contribution in [3.05, 3.63) is 62.5 Å². The van der Waals surface area contributed by atoms with E-state index in [1.807, 2.05) is 19.0 Å². The van der Waals surface area contributed by atoms with Crippen LogP contribution in [0.1, 0.15) is 62.9 Å². The van der Waals surface area contributed by atoms with Crippen LogP contribution < -0.4 is 16.0 Å². The number of carbonyl (C=O) groups is 3. The molecule has 0 unspecified atom stereocenters. The summed E-state index contributed by atoms with van der Waals surface area (Å²) in [5, 5.41) is 19.5. The molecule has 0 fully saturated rings. The lowest BCUT2D eigenvalue weighted by Crippen LogP contribution is -2.28. The number of nitro groups is 1. The first-order chi connectivity index (χ1) is 18.8. The van der Waals surface area contributed by atoms with Gasteiger partial charge in [0.2, 0.25) is 0 Å². The van der Waals surface area contributed by atoms with Gasteiger partial charge in [0, 0.05) is 43.5 Å². The second kappa shape index (κ2) is 13.4. The fraction of sp³-hybridized carbons (Fsp3) is 0.444. The third-order valence-electron chi connectivity index (χ3n) is 6.23. The number of nitrogens with one attached hydrogen (secondary N) is 3. The third kappa shape index (κ3) is 8.02. The molecule has 0 aliphatic rings. The van der Waals surface area contributed by atoms with Crippen LogP contribution in [0.2, 0.25) is 0 Å². The number of hydrogen-bond donors (Lipinski definition) is 3. The molecule has 0 saturated heterocycles. The summed E-state index contributed by atoms with van der Waals surface area (Å²) < 4.78 is 3.43. The van der Waals surface area contributed by atoms with Crippen LogP contribution in [0.3, 0.4) is 0 Å². The Hall–Kier alpha value is -3.97. The van der Waals surface area contributed by atoms with Crippen molar-refractivity contribution in [3.63, 3.8) is 0 Å². The quantitative estimate of drug-likeness (QED) is 0.158. The molecule has 13 heteroatoms. The summed E-state index contributed by atoms with van der Waals surface area (Å²) in [6.07, 6.45) is 4.98. The van der Waals surface area contributed by atoms with E-state index in [-0.39, 0.29) is 16.5 Å². The molecule has 0 atom stereocenters. The molecule has 40 heavy (non-hydrogen) atoms. The van der Waals surface area contributed by atoms with Crippen molar-refractivity contribution in [2.45, 2.75) is 40.2 Å². The van der Waals surface area contributed by atoms with E-state index in [1.165, 1.54) is 6.07 Å². The number of aryl methyl sites for hydroxylation is 3. The average molecular weight is 572 g/mol. The molecule has 0 saturated carbocycles. The Kier molecular flexibility index (Phi) is 10.2. The fourth-order valence-electron chi connectivity index (χ4n) is 4.07. The van der Waals surface area contributed by atoms with Gasteiger partial charge in [0.15, 0.2) is 0 Å². The first-order valence-electron chi connectivity index (χ1n) is 13.0. The average Bonchev–Trinajstić information content (AvgIpc) is 3.56. The standard InChI is InChI=1S/C27H37N7O5S/c1-17(2)8-11-33-16-20(29-25(35)21-14-24(34(38)39)40-18(21)3)13-23(33)27(37)30-19-12-22(32(6)15-19)26(36)28-9-7-10-31(4)5/h12-17H,7-11H2,1-6H3,(H,28,36)(H,29,35)(H,30,37). The fourth-order valence-corrected chi connectivity index (χ4v) is 4.90. The van der Waals surface area contributed by atoms with Gasteiger partial charge in [-0.2, -0.15) is 0 Å². The van der Waals surface area contributed by atoms with Gasteiger partial charge < -0.3 is 30.0 Å². The summed E-state index contributed by atoms with van der Waals surface area (Å²) in [4.78, 5) is 52.0. The number of thiophene rings is 1. The molecule has 12 nitrogen and oxygen atoms in total. The van der Waals surface area contributed by atoms with Crippen LogP contribution in [0, 0.1) is 23.0 Å². The number of carbonyl (C=O) groups excluding carboxylic acids is 3. The molecule has 3 aromatic heterocycles. The topological polar surface area (TPSA) is 144 Å². The molecule has 0 aliphatic carbocycles. The van der Waals surface area contributed by atoms with Gasteiger partial charge in [-0.05, 0) is 58.5 Å². The van der Waals surface area contributed by atoms with Gasteiger partial charge in [0.25, 0.3) is 17.7 Å². The van der Waals surface area contributed by atoms with Crippen molar-refractivity contribution in [3.8, 4) is 0 Å². The molecule has 0 aliphatic heterocycles. The number of anilines is 2. The Balaban J connectivity index is 1.75. The lowest BCUT2D eigenvalue weighted by atomic mass is 10.1. The van der Waals surface area contributed by atoms with Crippen molar-refractivity contribution < 1.29 is 19.3 Å². The predicted octanol–water partition coefficient (Wildman–Crippen LogP) is 4.34. The minimum atomic E-state index is -0.525. The predicted molar refractivity (Wildman–Crippen MR) is 156 cm³/mol. The van der Waals surface area contributed by atoms with Gasteiger partial charge in [-0.25, -0.2) is 0 Å². The summed E-state index contributed by atoms with van der Waals surface area (Å²) in [5.41, 5.74) is 1.84. The maximum absolute atomic E-state index is 13.3. The number of amides is 3. The van der Waals surface area contributed by atoms with Gasteiger partial charge in [-0.1, -0.05) is 25.2 Å². The molecular formula is C27H37N7O5S. The van der Waals surface area contributed by atoms with E-state index in [2.05, 4.69) is 29.8 Å². The number of nitrogens with zero attached hydrogens (tertiary/aromatic N) is 4. The Bertz CT molecular complexity index is 1390. The van der Waals surface area contributed by atoms with Crippen LogP contribution in [-0.2, 0) is 13.6 Å². The normalized spacial score (nSPS) is 11.2. The molecule has 3 aromatic rings. The van der Waals surface area contributed by atoms with Crippen LogP contribution in [0.5, 0.6) is 0 Å². The highest BCUT2D eigenvalue weighted by molar-refractivity contribution is 7.15. The summed E-state index contributed by atoms with van der Waals surface area (Å²) in [5.74, 6) is -0.719. The summed E-state index contributed by atoms with van der Waals surface area (Å²) in [6, 6.07) is 4.45. The van der Waals surface area contributed by atoms with E-state index in [1.54, 1.807) is 47.6 Å². The van der Waals surface area contributed by atoms with E-state index < -0.39 is 16.7 Å². The zero-order valence-corrected chi connectivity index (χ0v) is 24.6. The SMILES string of the molecule is Cc1sc([N+](=O)[O-])cc1C(=O)Nc1cc(C(=O)Nc2cc(C(=O)NCCCN(C)C)n(C)c2)n(CCC(C)C)c1. The number of aromatic nitrogens is 2. The lowest BCUT2D eigenvalue weighted by molar-refractivity contribution is -0.380. The molecule has 3 rings (SSSR count). The van der Waals surface area contributed by atoms with Gasteiger partial charge >= 0.3 is 5.00 Å². The van der Waals surface area contributed by atoms with Gasteiger partial charge in [0.1, 0.15) is 11.4 Å². The maximum atomic E-state index is 13.3. The van der Waals surface area contributed by atoms with E-state index in [4.69, 9.17) is 0 Å². The van der Waals surface area contributed by atoms with Crippen molar-refractivity contribution in [1.82, 2.24) is 19.4 Å². The zero-order chi connectivity index (χ0) is 29.6. The molecule has 3 heterocycles. The number of hydrogen-bond acceptors (Lipinski definition) is 7. The van der Waals surface area contributed by atoms with Crippen LogP contribution >= 0.6 is 11.3 Å². The van der Waals surface area contributed by atoms with E-state index in [0.717, 1.165) is 30.7 Å². The molecular weight excluding hydrogens is 534 g/mol. The summed E-state index contributed by atoms with van der Waals surface area (Å²) in [6.45, 7) is 7.76. The highest BCUT2D eigenvalue weighted by Gasteiger charge is 2.22. The minimum absolute atomic E-state index is 0.110. The molecule has 0 bridgehead atoms. The molecule has 216 valence electrons. The molecule has 0 spiro atoms. The van der Waals surface area contributed by atoms with Crippen LogP contribution in [0.25, 0.3) is 0 Å². The molecule has 0 radical (unpaired) electrons. The largest absolute Gasteiger partial charge is 0.351 e. The smallest absolute Gasteiger partial charge is 0.325 e. The van der Waals surface area contributed by atoms with E-state index in [9.17, 15) is 24.5 Å². The highest BCUT2D eigenvalue weighted by Crippen LogP contribution is 2.29. The van der Waals surface area contributed by atoms with Crippen molar-refractivity contribution in [1.29, 1.82) is 0 Å². The Morgan fingerprint density at radius 1 is 1.02 bits per heavy atom. The first-order valence-corrected chi connectivity index (χ1v) is 13.8. The summed E-state index contributed by atoms with van der Waals surface area (Å²) in [7, 11) is 5.69. The molecule has 0 aromatic carbocycles. The molecule has 3 amide bonds. The van der Waals surface area contributed by atoms with Gasteiger partial charge in [0.05, 0.1) is 21.9 Å². The van der Waals surface area contributed by atoms with Crippen molar-refractivity contribution in [2.75, 3.05) is 37.8 Å². The van der Waals surface area contributed by atoms with Crippen LogP contribution in [0.15, 0.2) is 30.6 Å². The molecule has 3 N–H and O–H groups in total. The van der Waals surface area contributed by atoms with E-state index >= 15 is 0 Å².